The molecule has 1 heterocycles. The zero-order chi connectivity index (χ0) is 14.1. The van der Waals surface area contributed by atoms with Gasteiger partial charge in [0.05, 0.1) is 5.69 Å². The van der Waals surface area contributed by atoms with Crippen LogP contribution in [0.4, 0.5) is 8.78 Å². The number of hydrogen-bond donors (Lipinski definition) is 1. The fourth-order valence-corrected chi connectivity index (χ4v) is 2.81. The summed E-state index contributed by atoms with van der Waals surface area (Å²) >= 11 is 0. The van der Waals surface area contributed by atoms with Gasteiger partial charge in [-0.15, -0.1) is 0 Å². The maximum Gasteiger partial charge on any atom is 0.280 e. The number of aromatic nitrogens is 2. The molecule has 0 saturated heterocycles. The van der Waals surface area contributed by atoms with Gasteiger partial charge in [-0.3, -0.25) is 9.48 Å². The zero-order valence-electron chi connectivity index (χ0n) is 11.3. The molecule has 110 valence electrons. The van der Waals surface area contributed by atoms with Crippen molar-refractivity contribution < 1.29 is 13.6 Å². The number of alkyl halides is 2. The van der Waals surface area contributed by atoms with E-state index < -0.39 is 6.43 Å². The van der Waals surface area contributed by atoms with Crippen LogP contribution >= 0.6 is 0 Å². The van der Waals surface area contributed by atoms with Crippen LogP contribution in [0.15, 0.2) is 6.07 Å². The minimum absolute atomic E-state index is 0.108. The van der Waals surface area contributed by atoms with Crippen LogP contribution < -0.4 is 5.32 Å². The van der Waals surface area contributed by atoms with Gasteiger partial charge >= 0.3 is 0 Å². The van der Waals surface area contributed by atoms with E-state index in [2.05, 4.69) is 10.4 Å². The molecular weight excluding hydrogens is 264 g/mol. The van der Waals surface area contributed by atoms with Crippen LogP contribution in [0, 0.1) is 0 Å². The molecule has 2 aliphatic rings. The van der Waals surface area contributed by atoms with Crippen LogP contribution in [0.25, 0.3) is 0 Å². The van der Waals surface area contributed by atoms with Crippen molar-refractivity contribution in [1.82, 2.24) is 15.1 Å². The standard InChI is InChI=1S/C14H19F2N3O/c15-14(16)12-7-11(9-5-6-9)18-19(12)8-13(20)17-10-3-1-2-4-10/h7,9-10,14H,1-6,8H2,(H,17,20). The largest absolute Gasteiger partial charge is 0.352 e. The Hall–Kier alpha value is -1.46. The first kappa shape index (κ1) is 13.5. The number of halogens is 2. The molecule has 1 amide bonds. The maximum atomic E-state index is 13.0. The van der Waals surface area contributed by atoms with Crippen molar-refractivity contribution in [2.75, 3.05) is 0 Å². The molecule has 0 aromatic carbocycles. The highest BCUT2D eigenvalue weighted by Gasteiger charge is 2.29. The van der Waals surface area contributed by atoms with Crippen molar-refractivity contribution >= 4 is 5.91 Å². The van der Waals surface area contributed by atoms with Crippen molar-refractivity contribution in [2.45, 2.75) is 63.5 Å². The van der Waals surface area contributed by atoms with Crippen molar-refractivity contribution in [3.8, 4) is 0 Å². The predicted molar refractivity (Wildman–Crippen MR) is 69.6 cm³/mol. The number of carbonyl (C=O) groups is 1. The third-order valence-corrected chi connectivity index (χ3v) is 4.06. The second-order valence-corrected chi connectivity index (χ2v) is 5.78. The Labute approximate surface area is 116 Å². The third kappa shape index (κ3) is 2.99. The topological polar surface area (TPSA) is 46.9 Å². The molecule has 0 unspecified atom stereocenters. The zero-order valence-corrected chi connectivity index (χ0v) is 11.3. The summed E-state index contributed by atoms with van der Waals surface area (Å²) in [4.78, 5) is 11.9. The van der Waals surface area contributed by atoms with E-state index in [0.717, 1.165) is 38.5 Å². The van der Waals surface area contributed by atoms with Crippen molar-refractivity contribution in [1.29, 1.82) is 0 Å². The maximum absolute atomic E-state index is 13.0. The van der Waals surface area contributed by atoms with E-state index >= 15 is 0 Å². The van der Waals surface area contributed by atoms with Gasteiger partial charge in [0.2, 0.25) is 5.91 Å². The van der Waals surface area contributed by atoms with Crippen LogP contribution in [0.1, 0.15) is 62.3 Å². The normalized spacial score (nSPS) is 19.8. The van der Waals surface area contributed by atoms with Gasteiger partial charge in [0.25, 0.3) is 6.43 Å². The van der Waals surface area contributed by atoms with Crippen molar-refractivity contribution in [3.05, 3.63) is 17.5 Å². The first-order chi connectivity index (χ1) is 9.63. The average molecular weight is 283 g/mol. The van der Waals surface area contributed by atoms with E-state index in [-0.39, 0.29) is 24.2 Å². The summed E-state index contributed by atoms with van der Waals surface area (Å²) in [5.74, 6) is 0.0934. The smallest absolute Gasteiger partial charge is 0.280 e. The van der Waals surface area contributed by atoms with E-state index in [1.807, 2.05) is 0 Å². The summed E-state index contributed by atoms with van der Waals surface area (Å²) in [6, 6.07) is 1.65. The fourth-order valence-electron chi connectivity index (χ4n) is 2.81. The van der Waals surface area contributed by atoms with Crippen LogP contribution in [0.2, 0.25) is 0 Å². The number of amides is 1. The van der Waals surface area contributed by atoms with Gasteiger partial charge in [-0.2, -0.15) is 5.10 Å². The van der Waals surface area contributed by atoms with E-state index in [4.69, 9.17) is 0 Å². The van der Waals surface area contributed by atoms with Gasteiger partial charge in [-0.05, 0) is 31.7 Å². The van der Waals surface area contributed by atoms with E-state index in [1.165, 1.54) is 10.7 Å². The Balaban J connectivity index is 1.66. The van der Waals surface area contributed by atoms with Gasteiger partial charge in [0.1, 0.15) is 12.2 Å². The highest BCUT2D eigenvalue weighted by molar-refractivity contribution is 5.76. The Bertz CT molecular complexity index is 491. The van der Waals surface area contributed by atoms with Gasteiger partial charge in [-0.25, -0.2) is 8.78 Å². The molecule has 0 aliphatic heterocycles. The molecule has 2 aliphatic carbocycles. The molecule has 3 rings (SSSR count). The number of nitrogens with zero attached hydrogens (tertiary/aromatic N) is 2. The highest BCUT2D eigenvalue weighted by atomic mass is 19.3. The first-order valence-corrected chi connectivity index (χ1v) is 7.28. The molecule has 0 spiro atoms. The summed E-state index contributed by atoms with van der Waals surface area (Å²) in [7, 11) is 0. The second kappa shape index (κ2) is 5.50. The summed E-state index contributed by atoms with van der Waals surface area (Å²) in [5, 5.41) is 7.09. The van der Waals surface area contributed by atoms with Gasteiger partial charge in [0, 0.05) is 12.0 Å². The molecule has 1 N–H and O–H groups in total. The molecule has 0 atom stereocenters. The van der Waals surface area contributed by atoms with Crippen LogP contribution in [-0.2, 0) is 11.3 Å². The van der Waals surface area contributed by atoms with Gasteiger partial charge < -0.3 is 5.32 Å². The van der Waals surface area contributed by atoms with Crippen LogP contribution in [0.5, 0.6) is 0 Å². The van der Waals surface area contributed by atoms with E-state index in [1.54, 1.807) is 0 Å². The third-order valence-electron chi connectivity index (χ3n) is 4.06. The summed E-state index contributed by atoms with van der Waals surface area (Å²) < 4.78 is 27.1. The minimum atomic E-state index is -2.59. The molecular formula is C14H19F2N3O. The average Bonchev–Trinajstić information content (AvgIpc) is 2.95. The van der Waals surface area contributed by atoms with Crippen LogP contribution in [0.3, 0.4) is 0 Å². The lowest BCUT2D eigenvalue weighted by molar-refractivity contribution is -0.122. The lowest BCUT2D eigenvalue weighted by Gasteiger charge is -2.12. The van der Waals surface area contributed by atoms with Gasteiger partial charge in [0.15, 0.2) is 0 Å². The number of hydrogen-bond acceptors (Lipinski definition) is 2. The molecule has 1 aromatic heterocycles. The molecule has 6 heteroatoms. The Morgan fingerprint density at radius 2 is 2.05 bits per heavy atom. The summed E-state index contributed by atoms with van der Waals surface area (Å²) in [5.41, 5.74) is 0.558. The monoisotopic (exact) mass is 283 g/mol. The molecule has 0 bridgehead atoms. The van der Waals surface area contributed by atoms with Crippen molar-refractivity contribution in [2.24, 2.45) is 0 Å². The molecule has 20 heavy (non-hydrogen) atoms. The lowest BCUT2D eigenvalue weighted by Crippen LogP contribution is -2.35. The number of rotatable bonds is 5. The summed E-state index contributed by atoms with van der Waals surface area (Å²) in [6.07, 6.45) is 3.65. The van der Waals surface area contributed by atoms with E-state index in [9.17, 15) is 13.6 Å². The fraction of sp³-hybridized carbons (Fsp3) is 0.714. The molecule has 2 saturated carbocycles. The Kier molecular flexibility index (Phi) is 3.72. The SMILES string of the molecule is O=C(Cn1nc(C2CC2)cc1C(F)F)NC1CCCC1. The first-order valence-electron chi connectivity index (χ1n) is 7.28. The molecule has 4 nitrogen and oxygen atoms in total. The quantitative estimate of drug-likeness (QED) is 0.903. The Morgan fingerprint density at radius 3 is 2.65 bits per heavy atom. The van der Waals surface area contributed by atoms with Gasteiger partial charge in [-0.1, -0.05) is 12.8 Å². The van der Waals surface area contributed by atoms with Crippen molar-refractivity contribution in [3.63, 3.8) is 0 Å². The van der Waals surface area contributed by atoms with Crippen LogP contribution in [-0.4, -0.2) is 21.7 Å². The molecule has 2 fully saturated rings. The highest BCUT2D eigenvalue weighted by Crippen LogP contribution is 2.40. The predicted octanol–water partition coefficient (Wildman–Crippen LogP) is 2.76. The Morgan fingerprint density at radius 1 is 1.35 bits per heavy atom. The minimum Gasteiger partial charge on any atom is -0.352 e. The molecule has 0 radical (unpaired) electrons. The lowest BCUT2D eigenvalue weighted by atomic mass is 10.2. The molecule has 1 aromatic rings. The van der Waals surface area contributed by atoms with E-state index in [0.29, 0.717) is 11.6 Å². The second-order valence-electron chi connectivity index (χ2n) is 5.78. The summed E-state index contributed by atoms with van der Waals surface area (Å²) in [6.45, 7) is -0.108. The number of carbonyl (C=O) groups excluding carboxylic acids is 1. The number of nitrogens with one attached hydrogen (secondary N) is 1.